The Kier molecular flexibility index (Phi) is 3.13. The number of nitrogens with zero attached hydrogens (tertiary/aromatic N) is 1. The lowest BCUT2D eigenvalue weighted by Gasteiger charge is -2.22. The van der Waals surface area contributed by atoms with Crippen LogP contribution in [0.1, 0.15) is 6.42 Å². The first kappa shape index (κ1) is 11.7. The average molecular weight is 232 g/mol. The molecule has 2 N–H and O–H groups in total. The molecule has 0 saturated carbocycles. The molecule has 0 fully saturated rings. The molecule has 7 heteroatoms. The Bertz CT molecular complexity index is 424. The van der Waals surface area contributed by atoms with Gasteiger partial charge in [-0.25, -0.2) is 13.2 Å². The zero-order valence-electron chi connectivity index (χ0n) is 8.26. The van der Waals surface area contributed by atoms with Crippen molar-refractivity contribution in [3.63, 3.8) is 0 Å². The van der Waals surface area contributed by atoms with Crippen molar-refractivity contribution < 1.29 is 18.0 Å². The van der Waals surface area contributed by atoms with E-state index in [1.54, 1.807) is 0 Å². The minimum Gasteiger partial charge on any atom is -0.351 e. The van der Waals surface area contributed by atoms with Crippen LogP contribution in [0.15, 0.2) is 11.6 Å². The molecular formula is C8H12N2O4S. The zero-order chi connectivity index (χ0) is 11.6. The van der Waals surface area contributed by atoms with Crippen LogP contribution < -0.4 is 5.73 Å². The van der Waals surface area contributed by atoms with E-state index in [-0.39, 0.29) is 12.3 Å². The first-order valence-electron chi connectivity index (χ1n) is 4.28. The molecule has 0 unspecified atom stereocenters. The largest absolute Gasteiger partial charge is 0.351 e. The minimum atomic E-state index is -3.14. The molecule has 15 heavy (non-hydrogen) atoms. The number of imide groups is 1. The maximum Gasteiger partial charge on any atom is 0.321 e. The molecule has 1 aliphatic rings. The third kappa shape index (κ3) is 3.35. The van der Waals surface area contributed by atoms with Gasteiger partial charge in [-0.15, -0.1) is 0 Å². The maximum atomic E-state index is 11.3. The van der Waals surface area contributed by atoms with E-state index < -0.39 is 21.8 Å². The summed E-state index contributed by atoms with van der Waals surface area (Å²) in [5, 5.41) is 0. The summed E-state index contributed by atoms with van der Waals surface area (Å²) in [5.74, 6) is -0.696. The van der Waals surface area contributed by atoms with Gasteiger partial charge < -0.3 is 5.73 Å². The zero-order valence-corrected chi connectivity index (χ0v) is 9.08. The van der Waals surface area contributed by atoms with Gasteiger partial charge in [0, 0.05) is 18.9 Å². The van der Waals surface area contributed by atoms with Crippen molar-refractivity contribution in [3.05, 3.63) is 11.6 Å². The van der Waals surface area contributed by atoms with Gasteiger partial charge in [-0.1, -0.05) is 0 Å². The third-order valence-electron chi connectivity index (χ3n) is 1.96. The molecule has 1 aliphatic heterocycles. The van der Waals surface area contributed by atoms with Crippen LogP contribution >= 0.6 is 0 Å². The summed E-state index contributed by atoms with van der Waals surface area (Å²) in [4.78, 5) is 22.9. The Morgan fingerprint density at radius 2 is 2.20 bits per heavy atom. The van der Waals surface area contributed by atoms with Crippen molar-refractivity contribution in [3.8, 4) is 0 Å². The van der Waals surface area contributed by atoms with Gasteiger partial charge in [0.1, 0.15) is 0 Å². The summed E-state index contributed by atoms with van der Waals surface area (Å²) < 4.78 is 21.9. The monoisotopic (exact) mass is 232 g/mol. The lowest BCUT2D eigenvalue weighted by molar-refractivity contribution is -0.123. The molecule has 3 amide bonds. The molecule has 0 aliphatic carbocycles. The predicted octanol–water partition coefficient (Wildman–Crippen LogP) is -0.732. The highest BCUT2D eigenvalue weighted by atomic mass is 32.2. The van der Waals surface area contributed by atoms with Crippen LogP contribution in [-0.2, 0) is 14.6 Å². The Balaban J connectivity index is 2.79. The van der Waals surface area contributed by atoms with E-state index in [9.17, 15) is 18.0 Å². The molecule has 84 valence electrons. The number of carbonyl (C=O) groups is 2. The smallest absolute Gasteiger partial charge is 0.321 e. The summed E-state index contributed by atoms with van der Waals surface area (Å²) >= 11 is 0. The van der Waals surface area contributed by atoms with Crippen molar-refractivity contribution >= 4 is 21.8 Å². The van der Waals surface area contributed by atoms with Crippen molar-refractivity contribution in [2.45, 2.75) is 6.42 Å². The fourth-order valence-corrected chi connectivity index (χ4v) is 2.26. The van der Waals surface area contributed by atoms with Gasteiger partial charge in [0.05, 0.1) is 5.75 Å². The van der Waals surface area contributed by atoms with Crippen LogP contribution in [0.4, 0.5) is 4.79 Å². The number of hydrogen-bond donors (Lipinski definition) is 1. The highest BCUT2D eigenvalue weighted by Crippen LogP contribution is 2.13. The van der Waals surface area contributed by atoms with Crippen LogP contribution in [0, 0.1) is 0 Å². The molecule has 0 spiro atoms. The van der Waals surface area contributed by atoms with E-state index in [0.717, 1.165) is 17.2 Å². The normalized spacial score (nSPS) is 17.5. The van der Waals surface area contributed by atoms with E-state index in [2.05, 4.69) is 0 Å². The lowest BCUT2D eigenvalue weighted by Crippen LogP contribution is -2.43. The van der Waals surface area contributed by atoms with Crippen molar-refractivity contribution in [2.24, 2.45) is 5.73 Å². The summed E-state index contributed by atoms with van der Waals surface area (Å²) in [6.45, 7) is 0.148. The van der Waals surface area contributed by atoms with Gasteiger partial charge in [0.25, 0.3) is 5.91 Å². The minimum absolute atomic E-state index is 0.147. The van der Waals surface area contributed by atoms with Gasteiger partial charge in [0.15, 0.2) is 9.84 Å². The van der Waals surface area contributed by atoms with Crippen LogP contribution in [0.3, 0.4) is 0 Å². The maximum absolute atomic E-state index is 11.3. The number of primary amides is 1. The number of rotatable bonds is 2. The Labute approximate surface area is 87.6 Å². The number of urea groups is 1. The van der Waals surface area contributed by atoms with Crippen LogP contribution in [0.25, 0.3) is 0 Å². The number of nitrogens with two attached hydrogens (primary N) is 1. The van der Waals surface area contributed by atoms with Gasteiger partial charge >= 0.3 is 6.03 Å². The topological polar surface area (TPSA) is 97.5 Å². The third-order valence-corrected chi connectivity index (χ3v) is 2.86. The molecular weight excluding hydrogens is 220 g/mol. The molecule has 6 nitrogen and oxygen atoms in total. The number of sulfone groups is 1. The first-order chi connectivity index (χ1) is 6.79. The van der Waals surface area contributed by atoms with Crippen molar-refractivity contribution in [1.82, 2.24) is 4.90 Å². The Morgan fingerprint density at radius 1 is 1.60 bits per heavy atom. The fourth-order valence-electron chi connectivity index (χ4n) is 1.36. The van der Waals surface area contributed by atoms with Crippen molar-refractivity contribution in [2.75, 3.05) is 18.6 Å². The van der Waals surface area contributed by atoms with Crippen LogP contribution in [-0.4, -0.2) is 43.8 Å². The molecule has 0 aromatic carbocycles. The van der Waals surface area contributed by atoms with E-state index in [4.69, 9.17) is 5.73 Å². The highest BCUT2D eigenvalue weighted by Gasteiger charge is 2.23. The second kappa shape index (κ2) is 4.01. The second-order valence-corrected chi connectivity index (χ2v) is 5.59. The van der Waals surface area contributed by atoms with E-state index >= 15 is 0 Å². The summed E-state index contributed by atoms with van der Waals surface area (Å²) in [6.07, 6.45) is 2.62. The number of hydrogen-bond acceptors (Lipinski definition) is 4. The molecule has 0 bridgehead atoms. The van der Waals surface area contributed by atoms with E-state index in [0.29, 0.717) is 12.0 Å². The van der Waals surface area contributed by atoms with Gasteiger partial charge in [0.2, 0.25) is 0 Å². The summed E-state index contributed by atoms with van der Waals surface area (Å²) in [7, 11) is -3.14. The summed E-state index contributed by atoms with van der Waals surface area (Å²) in [6, 6.07) is -0.811. The molecule has 0 aromatic heterocycles. The van der Waals surface area contributed by atoms with E-state index in [1.165, 1.54) is 0 Å². The summed E-state index contributed by atoms with van der Waals surface area (Å²) in [5.41, 5.74) is 5.46. The quantitative estimate of drug-likeness (QED) is 0.678. The number of amides is 3. The van der Waals surface area contributed by atoms with Gasteiger partial charge in [-0.2, -0.15) is 0 Å². The van der Waals surface area contributed by atoms with Crippen LogP contribution in [0.5, 0.6) is 0 Å². The SMILES string of the molecule is CS(=O)(=O)CC1=CC(=O)N(C(N)=O)CC1. The molecule has 0 radical (unpaired) electrons. The van der Waals surface area contributed by atoms with Crippen LogP contribution in [0.2, 0.25) is 0 Å². The predicted molar refractivity (Wildman–Crippen MR) is 53.7 cm³/mol. The molecule has 0 aromatic rings. The molecule has 1 heterocycles. The number of carbonyl (C=O) groups excluding carboxylic acids is 2. The first-order valence-corrected chi connectivity index (χ1v) is 6.34. The Hall–Kier alpha value is -1.37. The Morgan fingerprint density at radius 3 is 2.60 bits per heavy atom. The second-order valence-electron chi connectivity index (χ2n) is 3.45. The van der Waals surface area contributed by atoms with Crippen molar-refractivity contribution in [1.29, 1.82) is 0 Å². The van der Waals surface area contributed by atoms with E-state index in [1.807, 2.05) is 0 Å². The average Bonchev–Trinajstić information content (AvgIpc) is 1.99. The molecule has 0 saturated heterocycles. The fraction of sp³-hybridized carbons (Fsp3) is 0.500. The molecule has 1 rings (SSSR count). The van der Waals surface area contributed by atoms with Gasteiger partial charge in [-0.3, -0.25) is 9.69 Å². The lowest BCUT2D eigenvalue weighted by atomic mass is 10.1. The highest BCUT2D eigenvalue weighted by molar-refractivity contribution is 7.90. The molecule has 0 atom stereocenters. The van der Waals surface area contributed by atoms with Gasteiger partial charge in [-0.05, 0) is 12.0 Å². The standard InChI is InChI=1S/C8H12N2O4S/c1-15(13,14)5-6-2-3-10(8(9)12)7(11)4-6/h4H,2-3,5H2,1H3,(H2,9,12).